The Hall–Kier alpha value is -3.88. The SMILES string of the molecule is CCOc1ccccc1CN(CCCn1ccnc1)C(=O)Nc1ccc([N+](=O)[O-])c(C)c1. The zero-order chi connectivity index (χ0) is 22.9. The maximum atomic E-state index is 13.1. The molecule has 0 aliphatic heterocycles. The van der Waals surface area contributed by atoms with Crippen LogP contribution < -0.4 is 10.1 Å². The van der Waals surface area contributed by atoms with Crippen LogP contribution in [0.3, 0.4) is 0 Å². The normalized spacial score (nSPS) is 10.6. The van der Waals surface area contributed by atoms with E-state index in [1.807, 2.05) is 42.0 Å². The number of ether oxygens (including phenoxy) is 1. The first-order valence-corrected chi connectivity index (χ1v) is 10.5. The van der Waals surface area contributed by atoms with Gasteiger partial charge < -0.3 is 19.5 Å². The van der Waals surface area contributed by atoms with Crippen LogP contribution in [0.4, 0.5) is 16.2 Å². The molecule has 0 bridgehead atoms. The molecule has 3 aromatic rings. The molecular weight excluding hydrogens is 410 g/mol. The Bertz CT molecular complexity index is 1050. The molecule has 0 saturated heterocycles. The van der Waals surface area contributed by atoms with Crippen LogP contribution >= 0.6 is 0 Å². The van der Waals surface area contributed by atoms with E-state index in [2.05, 4.69) is 10.3 Å². The molecule has 32 heavy (non-hydrogen) atoms. The number of nitrogens with one attached hydrogen (secondary N) is 1. The van der Waals surface area contributed by atoms with Crippen molar-refractivity contribution in [1.82, 2.24) is 14.5 Å². The Labute approximate surface area is 186 Å². The summed E-state index contributed by atoms with van der Waals surface area (Å²) in [5.41, 5.74) is 1.93. The van der Waals surface area contributed by atoms with Gasteiger partial charge in [-0.2, -0.15) is 0 Å². The number of carbonyl (C=O) groups excluding carboxylic acids is 1. The molecule has 3 rings (SSSR count). The van der Waals surface area contributed by atoms with E-state index < -0.39 is 4.92 Å². The molecule has 0 fully saturated rings. The number of nitro groups is 1. The van der Waals surface area contributed by atoms with Crippen molar-refractivity contribution < 1.29 is 14.5 Å². The molecule has 2 aromatic carbocycles. The van der Waals surface area contributed by atoms with Gasteiger partial charge in [0.25, 0.3) is 5.69 Å². The molecule has 0 atom stereocenters. The van der Waals surface area contributed by atoms with Crippen LogP contribution in [0.5, 0.6) is 5.75 Å². The highest BCUT2D eigenvalue weighted by atomic mass is 16.6. The first-order chi connectivity index (χ1) is 15.5. The maximum absolute atomic E-state index is 13.1. The van der Waals surface area contributed by atoms with Crippen LogP contribution in [-0.4, -0.2) is 38.6 Å². The number of rotatable bonds is 10. The summed E-state index contributed by atoms with van der Waals surface area (Å²) in [6.07, 6.45) is 6.09. The van der Waals surface area contributed by atoms with Gasteiger partial charge in [0.2, 0.25) is 0 Å². The van der Waals surface area contributed by atoms with Gasteiger partial charge in [-0.15, -0.1) is 0 Å². The highest BCUT2D eigenvalue weighted by molar-refractivity contribution is 5.89. The summed E-state index contributed by atoms with van der Waals surface area (Å²) in [4.78, 5) is 29.5. The van der Waals surface area contributed by atoms with Crippen molar-refractivity contribution in [3.8, 4) is 5.75 Å². The Morgan fingerprint density at radius 3 is 2.78 bits per heavy atom. The zero-order valence-electron chi connectivity index (χ0n) is 18.2. The minimum atomic E-state index is -0.437. The van der Waals surface area contributed by atoms with Gasteiger partial charge >= 0.3 is 6.03 Å². The highest BCUT2D eigenvalue weighted by Gasteiger charge is 2.18. The van der Waals surface area contributed by atoms with Gasteiger partial charge in [-0.25, -0.2) is 9.78 Å². The largest absolute Gasteiger partial charge is 0.494 e. The van der Waals surface area contributed by atoms with Gasteiger partial charge in [0.15, 0.2) is 0 Å². The van der Waals surface area contributed by atoms with Crippen LogP contribution in [-0.2, 0) is 13.1 Å². The maximum Gasteiger partial charge on any atom is 0.322 e. The number of imidazole rings is 1. The molecule has 168 valence electrons. The van der Waals surface area contributed by atoms with E-state index in [-0.39, 0.29) is 11.7 Å². The average molecular weight is 438 g/mol. The van der Waals surface area contributed by atoms with Crippen molar-refractivity contribution in [2.24, 2.45) is 0 Å². The van der Waals surface area contributed by atoms with Crippen LogP contribution in [0.15, 0.2) is 61.2 Å². The lowest BCUT2D eigenvalue weighted by Gasteiger charge is -2.24. The summed E-state index contributed by atoms with van der Waals surface area (Å²) in [6, 6.07) is 11.9. The summed E-state index contributed by atoms with van der Waals surface area (Å²) in [6.45, 7) is 5.71. The van der Waals surface area contributed by atoms with Gasteiger partial charge in [0.1, 0.15) is 5.75 Å². The number of urea groups is 1. The van der Waals surface area contributed by atoms with E-state index in [0.717, 1.165) is 24.3 Å². The Balaban J connectivity index is 1.75. The predicted molar refractivity (Wildman–Crippen MR) is 122 cm³/mol. The smallest absolute Gasteiger partial charge is 0.322 e. The van der Waals surface area contributed by atoms with Crippen LogP contribution in [0, 0.1) is 17.0 Å². The predicted octanol–water partition coefficient (Wildman–Crippen LogP) is 4.62. The fourth-order valence-electron chi connectivity index (χ4n) is 3.39. The third kappa shape index (κ3) is 6.07. The number of anilines is 1. The van der Waals surface area contributed by atoms with Crippen molar-refractivity contribution in [1.29, 1.82) is 0 Å². The average Bonchev–Trinajstić information content (AvgIpc) is 3.28. The monoisotopic (exact) mass is 437 g/mol. The molecule has 9 nitrogen and oxygen atoms in total. The molecule has 1 heterocycles. The van der Waals surface area contributed by atoms with Crippen molar-refractivity contribution in [3.63, 3.8) is 0 Å². The van der Waals surface area contributed by atoms with Crippen LogP contribution in [0.25, 0.3) is 0 Å². The first-order valence-electron chi connectivity index (χ1n) is 10.5. The number of nitrogens with zero attached hydrogens (tertiary/aromatic N) is 4. The second-order valence-corrected chi connectivity index (χ2v) is 7.30. The summed E-state index contributed by atoms with van der Waals surface area (Å²) < 4.78 is 7.68. The van der Waals surface area contributed by atoms with Crippen LogP contribution in [0.1, 0.15) is 24.5 Å². The summed E-state index contributed by atoms with van der Waals surface area (Å²) in [5, 5.41) is 13.9. The lowest BCUT2D eigenvalue weighted by atomic mass is 10.1. The molecule has 0 saturated carbocycles. The number of hydrogen-bond donors (Lipinski definition) is 1. The number of aryl methyl sites for hydroxylation is 2. The topological polar surface area (TPSA) is 103 Å². The molecule has 0 spiro atoms. The molecule has 0 unspecified atom stereocenters. The van der Waals surface area contributed by atoms with E-state index in [0.29, 0.717) is 30.9 Å². The summed E-state index contributed by atoms with van der Waals surface area (Å²) in [5.74, 6) is 0.744. The minimum Gasteiger partial charge on any atom is -0.494 e. The molecule has 2 amide bonds. The van der Waals surface area contributed by atoms with Crippen LogP contribution in [0.2, 0.25) is 0 Å². The fraction of sp³-hybridized carbons (Fsp3) is 0.304. The van der Waals surface area contributed by atoms with Gasteiger partial charge in [0.05, 0.1) is 24.4 Å². The Morgan fingerprint density at radius 2 is 2.09 bits per heavy atom. The van der Waals surface area contributed by atoms with E-state index >= 15 is 0 Å². The fourth-order valence-corrected chi connectivity index (χ4v) is 3.39. The number of carbonyl (C=O) groups is 1. The molecule has 1 aromatic heterocycles. The highest BCUT2D eigenvalue weighted by Crippen LogP contribution is 2.23. The molecule has 9 heteroatoms. The Kier molecular flexibility index (Phi) is 7.80. The number of amides is 2. The third-order valence-corrected chi connectivity index (χ3v) is 4.97. The number of para-hydroxylation sites is 1. The van der Waals surface area contributed by atoms with E-state index in [1.54, 1.807) is 36.5 Å². The molecule has 0 aliphatic rings. The van der Waals surface area contributed by atoms with Crippen molar-refractivity contribution in [2.45, 2.75) is 33.4 Å². The summed E-state index contributed by atoms with van der Waals surface area (Å²) >= 11 is 0. The molecule has 0 radical (unpaired) electrons. The van der Waals surface area contributed by atoms with E-state index in [9.17, 15) is 14.9 Å². The number of hydrogen-bond acceptors (Lipinski definition) is 5. The van der Waals surface area contributed by atoms with E-state index in [4.69, 9.17) is 4.74 Å². The number of benzene rings is 2. The lowest BCUT2D eigenvalue weighted by Crippen LogP contribution is -2.35. The second-order valence-electron chi connectivity index (χ2n) is 7.30. The zero-order valence-corrected chi connectivity index (χ0v) is 18.2. The second kappa shape index (κ2) is 10.9. The van der Waals surface area contributed by atoms with Gasteiger partial charge in [-0.05, 0) is 38.5 Å². The molecule has 0 aliphatic carbocycles. The summed E-state index contributed by atoms with van der Waals surface area (Å²) in [7, 11) is 0. The lowest BCUT2D eigenvalue weighted by molar-refractivity contribution is -0.385. The Morgan fingerprint density at radius 1 is 1.28 bits per heavy atom. The van der Waals surface area contributed by atoms with Gasteiger partial charge in [0, 0.05) is 48.4 Å². The van der Waals surface area contributed by atoms with Crippen molar-refractivity contribution >= 4 is 17.4 Å². The molecule has 1 N–H and O–H groups in total. The number of aromatic nitrogens is 2. The standard InChI is InChI=1S/C23H27N5O4/c1-3-32-22-8-5-4-7-19(22)16-27(13-6-12-26-14-11-24-17-26)23(29)25-20-9-10-21(28(30)31)18(2)15-20/h4-5,7-11,14-15,17H,3,6,12-13,16H2,1-2H3,(H,25,29). The van der Waals surface area contributed by atoms with Gasteiger partial charge in [-0.1, -0.05) is 18.2 Å². The van der Waals surface area contributed by atoms with Gasteiger partial charge in [-0.3, -0.25) is 10.1 Å². The van der Waals surface area contributed by atoms with Crippen molar-refractivity contribution in [2.75, 3.05) is 18.5 Å². The quantitative estimate of drug-likeness (QED) is 0.368. The molecular formula is C23H27N5O4. The number of nitro benzene ring substituents is 1. The first kappa shape index (κ1) is 22.8. The van der Waals surface area contributed by atoms with Crippen molar-refractivity contribution in [3.05, 3.63) is 82.4 Å². The van der Waals surface area contributed by atoms with E-state index in [1.165, 1.54) is 6.07 Å². The minimum absolute atomic E-state index is 0.0193. The third-order valence-electron chi connectivity index (χ3n) is 4.97.